The highest BCUT2D eigenvalue weighted by Gasteiger charge is 2.26. The lowest BCUT2D eigenvalue weighted by molar-refractivity contribution is 0.000839. The Morgan fingerprint density at radius 2 is 2.17 bits per heavy atom. The first-order valence-corrected chi connectivity index (χ1v) is 6.44. The molecular weight excluding hydrogens is 228 g/mol. The predicted molar refractivity (Wildman–Crippen MR) is 70.5 cm³/mol. The van der Waals surface area contributed by atoms with E-state index in [1.54, 1.807) is 0 Å². The number of nitrogens with two attached hydrogens (primary N) is 1. The molecule has 1 aromatic carbocycles. The first kappa shape index (κ1) is 13.1. The highest BCUT2D eigenvalue weighted by atomic mass is 16.5. The van der Waals surface area contributed by atoms with Crippen molar-refractivity contribution in [2.45, 2.75) is 19.4 Å². The smallest absolute Gasteiger partial charge is 0.254 e. The summed E-state index contributed by atoms with van der Waals surface area (Å²) in [5.74, 6) is 0.0522. The van der Waals surface area contributed by atoms with Crippen LogP contribution in [0.4, 0.5) is 0 Å². The van der Waals surface area contributed by atoms with E-state index in [4.69, 9.17) is 10.5 Å². The van der Waals surface area contributed by atoms with Crippen LogP contribution < -0.4 is 5.73 Å². The molecule has 0 saturated carbocycles. The van der Waals surface area contributed by atoms with Crippen LogP contribution in [0.1, 0.15) is 22.8 Å². The first-order chi connectivity index (χ1) is 8.76. The highest BCUT2D eigenvalue weighted by molar-refractivity contribution is 5.94. The Bertz CT molecular complexity index is 403. The van der Waals surface area contributed by atoms with E-state index in [0.717, 1.165) is 12.0 Å². The lowest BCUT2D eigenvalue weighted by Crippen LogP contribution is -2.52. The van der Waals surface area contributed by atoms with Crippen molar-refractivity contribution in [1.82, 2.24) is 4.90 Å². The summed E-state index contributed by atoms with van der Waals surface area (Å²) in [5, 5.41) is 0. The molecular formula is C14H20N2O2. The Morgan fingerprint density at radius 3 is 2.78 bits per heavy atom. The summed E-state index contributed by atoms with van der Waals surface area (Å²) in [5.41, 5.74) is 7.65. The summed E-state index contributed by atoms with van der Waals surface area (Å²) in [6.45, 7) is 4.29. The fourth-order valence-corrected chi connectivity index (χ4v) is 2.17. The number of ether oxygens (including phenoxy) is 1. The Hall–Kier alpha value is -1.39. The average Bonchev–Trinajstić information content (AvgIpc) is 2.46. The number of hydrogen-bond acceptors (Lipinski definition) is 3. The van der Waals surface area contributed by atoms with Crippen LogP contribution >= 0.6 is 0 Å². The van der Waals surface area contributed by atoms with Crippen LogP contribution in [-0.2, 0) is 11.2 Å². The molecule has 1 unspecified atom stereocenters. The van der Waals surface area contributed by atoms with Gasteiger partial charge in [0, 0.05) is 18.7 Å². The number of amides is 1. The van der Waals surface area contributed by atoms with E-state index < -0.39 is 0 Å². The topological polar surface area (TPSA) is 55.6 Å². The van der Waals surface area contributed by atoms with Crippen molar-refractivity contribution in [3.8, 4) is 0 Å². The van der Waals surface area contributed by atoms with Crippen LogP contribution in [0.5, 0.6) is 0 Å². The predicted octanol–water partition coefficient (Wildman–Crippen LogP) is 1.05. The quantitative estimate of drug-likeness (QED) is 0.870. The van der Waals surface area contributed by atoms with Gasteiger partial charge in [0.05, 0.1) is 19.3 Å². The molecule has 4 nitrogen and oxygen atoms in total. The third kappa shape index (κ3) is 2.71. The Balaban J connectivity index is 2.13. The van der Waals surface area contributed by atoms with Crippen LogP contribution in [-0.4, -0.2) is 43.2 Å². The number of carbonyl (C=O) groups is 1. The first-order valence-electron chi connectivity index (χ1n) is 6.44. The number of aryl methyl sites for hydroxylation is 1. The Kier molecular flexibility index (Phi) is 4.33. The minimum atomic E-state index is -0.00268. The van der Waals surface area contributed by atoms with Gasteiger partial charge in [-0.25, -0.2) is 0 Å². The van der Waals surface area contributed by atoms with Crippen LogP contribution in [0.2, 0.25) is 0 Å². The van der Waals surface area contributed by atoms with Gasteiger partial charge in [0.2, 0.25) is 0 Å². The molecule has 1 atom stereocenters. The molecule has 1 saturated heterocycles. The molecule has 0 spiro atoms. The number of nitrogens with zero attached hydrogens (tertiary/aromatic N) is 1. The number of carbonyl (C=O) groups excluding carboxylic acids is 1. The summed E-state index contributed by atoms with van der Waals surface area (Å²) in [6, 6.07) is 7.79. The van der Waals surface area contributed by atoms with E-state index in [1.165, 1.54) is 5.56 Å². The standard InChI is InChI=1S/C14H20N2O2/c1-2-11-3-5-12(6-4-11)14(17)16-7-8-18-10-13(16)9-15/h3-6,13H,2,7-10,15H2,1H3. The van der Waals surface area contributed by atoms with Gasteiger partial charge in [0.1, 0.15) is 0 Å². The average molecular weight is 248 g/mol. The molecule has 18 heavy (non-hydrogen) atoms. The summed E-state index contributed by atoms with van der Waals surface area (Å²) < 4.78 is 5.35. The summed E-state index contributed by atoms with van der Waals surface area (Å²) in [6.07, 6.45) is 0.984. The zero-order valence-corrected chi connectivity index (χ0v) is 10.8. The van der Waals surface area contributed by atoms with Crippen molar-refractivity contribution in [2.24, 2.45) is 5.73 Å². The van der Waals surface area contributed by atoms with E-state index in [9.17, 15) is 4.79 Å². The summed E-state index contributed by atoms with van der Waals surface area (Å²) >= 11 is 0. The van der Waals surface area contributed by atoms with Crippen LogP contribution in [0.25, 0.3) is 0 Å². The number of morpholine rings is 1. The second kappa shape index (κ2) is 5.98. The van der Waals surface area contributed by atoms with Crippen LogP contribution in [0.15, 0.2) is 24.3 Å². The van der Waals surface area contributed by atoms with Crippen molar-refractivity contribution in [1.29, 1.82) is 0 Å². The molecule has 0 aliphatic carbocycles. The maximum absolute atomic E-state index is 12.4. The van der Waals surface area contributed by atoms with Gasteiger partial charge >= 0.3 is 0 Å². The van der Waals surface area contributed by atoms with Crippen molar-refractivity contribution >= 4 is 5.91 Å². The Morgan fingerprint density at radius 1 is 1.44 bits per heavy atom. The second-order valence-corrected chi connectivity index (χ2v) is 4.51. The fraction of sp³-hybridized carbons (Fsp3) is 0.500. The van der Waals surface area contributed by atoms with E-state index in [-0.39, 0.29) is 11.9 Å². The summed E-state index contributed by atoms with van der Waals surface area (Å²) in [7, 11) is 0. The fourth-order valence-electron chi connectivity index (χ4n) is 2.17. The SMILES string of the molecule is CCc1ccc(C(=O)N2CCOCC2CN)cc1. The molecule has 1 fully saturated rings. The maximum atomic E-state index is 12.4. The zero-order valence-electron chi connectivity index (χ0n) is 10.8. The highest BCUT2D eigenvalue weighted by Crippen LogP contribution is 2.13. The van der Waals surface area contributed by atoms with Crippen LogP contribution in [0.3, 0.4) is 0 Å². The van der Waals surface area contributed by atoms with Gasteiger partial charge < -0.3 is 15.4 Å². The van der Waals surface area contributed by atoms with E-state index >= 15 is 0 Å². The van der Waals surface area contributed by atoms with Gasteiger partial charge in [-0.2, -0.15) is 0 Å². The van der Waals surface area contributed by atoms with Crippen LogP contribution in [0, 0.1) is 0 Å². The Labute approximate surface area is 108 Å². The molecule has 1 aromatic rings. The van der Waals surface area contributed by atoms with Gasteiger partial charge in [-0.05, 0) is 24.1 Å². The number of rotatable bonds is 3. The maximum Gasteiger partial charge on any atom is 0.254 e. The van der Waals surface area contributed by atoms with E-state index in [0.29, 0.717) is 26.3 Å². The van der Waals surface area contributed by atoms with Gasteiger partial charge in [-0.3, -0.25) is 4.79 Å². The molecule has 1 heterocycles. The summed E-state index contributed by atoms with van der Waals surface area (Å²) in [4.78, 5) is 14.2. The molecule has 0 aromatic heterocycles. The molecule has 0 radical (unpaired) electrons. The molecule has 2 N–H and O–H groups in total. The molecule has 1 amide bonds. The molecule has 4 heteroatoms. The number of hydrogen-bond donors (Lipinski definition) is 1. The van der Waals surface area contributed by atoms with Crippen molar-refractivity contribution in [2.75, 3.05) is 26.3 Å². The largest absolute Gasteiger partial charge is 0.377 e. The minimum Gasteiger partial charge on any atom is -0.377 e. The van der Waals surface area contributed by atoms with Gasteiger partial charge in [0.25, 0.3) is 5.91 Å². The lowest BCUT2D eigenvalue weighted by atomic mass is 10.1. The van der Waals surface area contributed by atoms with Gasteiger partial charge in [-0.15, -0.1) is 0 Å². The van der Waals surface area contributed by atoms with Gasteiger partial charge in [-0.1, -0.05) is 19.1 Å². The van der Waals surface area contributed by atoms with Crippen molar-refractivity contribution in [3.63, 3.8) is 0 Å². The zero-order chi connectivity index (χ0) is 13.0. The minimum absolute atomic E-state index is 0.00268. The van der Waals surface area contributed by atoms with E-state index in [1.807, 2.05) is 29.2 Å². The van der Waals surface area contributed by atoms with Crippen molar-refractivity contribution < 1.29 is 9.53 Å². The molecule has 0 bridgehead atoms. The third-order valence-corrected chi connectivity index (χ3v) is 3.37. The molecule has 98 valence electrons. The normalized spacial score (nSPS) is 19.9. The lowest BCUT2D eigenvalue weighted by Gasteiger charge is -2.35. The number of benzene rings is 1. The molecule has 1 aliphatic heterocycles. The third-order valence-electron chi connectivity index (χ3n) is 3.37. The van der Waals surface area contributed by atoms with Crippen molar-refractivity contribution in [3.05, 3.63) is 35.4 Å². The molecule has 1 aliphatic rings. The molecule has 2 rings (SSSR count). The monoisotopic (exact) mass is 248 g/mol. The van der Waals surface area contributed by atoms with E-state index in [2.05, 4.69) is 6.92 Å². The van der Waals surface area contributed by atoms with Gasteiger partial charge in [0.15, 0.2) is 0 Å². The second-order valence-electron chi connectivity index (χ2n) is 4.51.